The predicted molar refractivity (Wildman–Crippen MR) is 47.7 cm³/mol. The first-order valence-electron chi connectivity index (χ1n) is 4.18. The van der Waals surface area contributed by atoms with E-state index in [1.807, 2.05) is 0 Å². The Morgan fingerprint density at radius 1 is 1.57 bits per heavy atom. The van der Waals surface area contributed by atoms with Gasteiger partial charge in [-0.3, -0.25) is 4.98 Å². The summed E-state index contributed by atoms with van der Waals surface area (Å²) in [7, 11) is 0. The molecule has 1 rings (SSSR count). The normalized spacial score (nSPS) is 11.0. The van der Waals surface area contributed by atoms with Gasteiger partial charge >= 0.3 is 0 Å². The van der Waals surface area contributed by atoms with Gasteiger partial charge in [0.15, 0.2) is 0 Å². The third-order valence-electron chi connectivity index (χ3n) is 1.96. The van der Waals surface area contributed by atoms with Crippen LogP contribution in [0, 0.1) is 6.92 Å². The number of nitrogens with two attached hydrogens (primary N) is 1. The Balaban J connectivity index is 3.31. The molecule has 0 unspecified atom stereocenters. The van der Waals surface area contributed by atoms with Gasteiger partial charge in [-0.25, -0.2) is 8.78 Å². The Hall–Kier alpha value is -1.07. The van der Waals surface area contributed by atoms with E-state index in [0.29, 0.717) is 11.3 Å². The van der Waals surface area contributed by atoms with Gasteiger partial charge < -0.3 is 10.8 Å². The van der Waals surface area contributed by atoms with Crippen LogP contribution in [0.3, 0.4) is 0 Å². The Labute approximate surface area is 80.6 Å². The SMILES string of the molecule is Cc1cc(CO)c(CN)c(C(F)F)n1. The Morgan fingerprint density at radius 2 is 2.21 bits per heavy atom. The molecule has 0 radical (unpaired) electrons. The maximum absolute atomic E-state index is 12.5. The van der Waals surface area contributed by atoms with Crippen LogP contribution in [-0.2, 0) is 13.2 Å². The third-order valence-corrected chi connectivity index (χ3v) is 1.96. The summed E-state index contributed by atoms with van der Waals surface area (Å²) in [5.74, 6) is 0. The third kappa shape index (κ3) is 2.05. The summed E-state index contributed by atoms with van der Waals surface area (Å²) in [6.45, 7) is 1.27. The van der Waals surface area contributed by atoms with Gasteiger partial charge in [-0.05, 0) is 24.1 Å². The zero-order valence-corrected chi connectivity index (χ0v) is 7.80. The van der Waals surface area contributed by atoms with E-state index in [1.165, 1.54) is 0 Å². The Kier molecular flexibility index (Phi) is 3.49. The molecule has 1 aromatic rings. The van der Waals surface area contributed by atoms with E-state index in [1.54, 1.807) is 13.0 Å². The van der Waals surface area contributed by atoms with Crippen LogP contribution in [0.25, 0.3) is 0 Å². The smallest absolute Gasteiger partial charge is 0.280 e. The van der Waals surface area contributed by atoms with E-state index in [0.717, 1.165) is 0 Å². The van der Waals surface area contributed by atoms with Crippen LogP contribution in [-0.4, -0.2) is 10.1 Å². The molecular weight excluding hydrogens is 190 g/mol. The lowest BCUT2D eigenvalue weighted by Gasteiger charge is -2.11. The molecule has 14 heavy (non-hydrogen) atoms. The van der Waals surface area contributed by atoms with Crippen molar-refractivity contribution < 1.29 is 13.9 Å². The predicted octanol–water partition coefficient (Wildman–Crippen LogP) is 1.28. The summed E-state index contributed by atoms with van der Waals surface area (Å²) >= 11 is 0. The lowest BCUT2D eigenvalue weighted by atomic mass is 10.1. The monoisotopic (exact) mass is 202 g/mol. The molecule has 5 heteroatoms. The summed E-state index contributed by atoms with van der Waals surface area (Å²) in [4.78, 5) is 3.71. The highest BCUT2D eigenvalue weighted by molar-refractivity contribution is 5.32. The Bertz CT molecular complexity index is 329. The van der Waals surface area contributed by atoms with Gasteiger partial charge in [-0.2, -0.15) is 0 Å². The fourth-order valence-electron chi connectivity index (χ4n) is 1.35. The number of nitrogens with zero attached hydrogens (tertiary/aromatic N) is 1. The number of hydrogen-bond acceptors (Lipinski definition) is 3. The molecule has 3 nitrogen and oxygen atoms in total. The molecule has 1 aromatic heterocycles. The van der Waals surface area contributed by atoms with Crippen molar-refractivity contribution in [3.8, 4) is 0 Å². The first kappa shape index (κ1) is 11.0. The number of aryl methyl sites for hydroxylation is 1. The maximum Gasteiger partial charge on any atom is 0.280 e. The van der Waals surface area contributed by atoms with Crippen molar-refractivity contribution in [3.63, 3.8) is 0 Å². The zero-order valence-electron chi connectivity index (χ0n) is 7.80. The minimum absolute atomic E-state index is 0.0388. The van der Waals surface area contributed by atoms with Gasteiger partial charge in [0, 0.05) is 12.2 Å². The summed E-state index contributed by atoms with van der Waals surface area (Å²) < 4.78 is 25.0. The fraction of sp³-hybridized carbons (Fsp3) is 0.444. The summed E-state index contributed by atoms with van der Waals surface area (Å²) in [5.41, 5.74) is 6.14. The fourth-order valence-corrected chi connectivity index (χ4v) is 1.35. The standard InChI is InChI=1S/C9H12F2N2O/c1-5-2-6(4-14)7(3-12)8(13-5)9(10)11/h2,9,14H,3-4,12H2,1H3. The highest BCUT2D eigenvalue weighted by Gasteiger charge is 2.17. The molecule has 0 atom stereocenters. The van der Waals surface area contributed by atoms with E-state index in [9.17, 15) is 8.78 Å². The molecule has 0 aliphatic carbocycles. The van der Waals surface area contributed by atoms with E-state index in [4.69, 9.17) is 10.8 Å². The quantitative estimate of drug-likeness (QED) is 0.776. The van der Waals surface area contributed by atoms with Crippen molar-refractivity contribution >= 4 is 0 Å². The molecule has 0 saturated carbocycles. The minimum atomic E-state index is -2.65. The van der Waals surface area contributed by atoms with Crippen LogP contribution in [0.15, 0.2) is 6.07 Å². The van der Waals surface area contributed by atoms with Crippen LogP contribution in [0.5, 0.6) is 0 Å². The Morgan fingerprint density at radius 3 is 2.64 bits per heavy atom. The van der Waals surface area contributed by atoms with Crippen LogP contribution in [0.2, 0.25) is 0 Å². The largest absolute Gasteiger partial charge is 0.392 e. The van der Waals surface area contributed by atoms with Gasteiger partial charge in [-0.15, -0.1) is 0 Å². The number of hydrogen-bond donors (Lipinski definition) is 2. The molecule has 0 saturated heterocycles. The molecule has 0 aliphatic heterocycles. The average molecular weight is 202 g/mol. The van der Waals surface area contributed by atoms with Crippen molar-refractivity contribution in [1.29, 1.82) is 0 Å². The topological polar surface area (TPSA) is 59.1 Å². The van der Waals surface area contributed by atoms with Crippen molar-refractivity contribution in [3.05, 3.63) is 28.6 Å². The number of aliphatic hydroxyl groups is 1. The van der Waals surface area contributed by atoms with Gasteiger partial charge in [-0.1, -0.05) is 0 Å². The molecule has 0 aliphatic rings. The van der Waals surface area contributed by atoms with Gasteiger partial charge in [0.1, 0.15) is 5.69 Å². The molecular formula is C9H12F2N2O. The zero-order chi connectivity index (χ0) is 10.7. The number of aliphatic hydroxyl groups excluding tert-OH is 1. The van der Waals surface area contributed by atoms with Gasteiger partial charge in [0.2, 0.25) is 0 Å². The van der Waals surface area contributed by atoms with Crippen molar-refractivity contribution in [2.75, 3.05) is 0 Å². The van der Waals surface area contributed by atoms with E-state index < -0.39 is 6.43 Å². The highest BCUT2D eigenvalue weighted by Crippen LogP contribution is 2.24. The molecule has 0 amide bonds. The van der Waals surface area contributed by atoms with Crippen molar-refractivity contribution in [1.82, 2.24) is 4.98 Å². The second-order valence-electron chi connectivity index (χ2n) is 2.95. The van der Waals surface area contributed by atoms with Crippen molar-refractivity contribution in [2.24, 2.45) is 5.73 Å². The molecule has 0 fully saturated rings. The average Bonchev–Trinajstić information content (AvgIpc) is 2.16. The van der Waals surface area contributed by atoms with Crippen LogP contribution < -0.4 is 5.73 Å². The number of halogens is 2. The van der Waals surface area contributed by atoms with Crippen LogP contribution in [0.4, 0.5) is 8.78 Å². The summed E-state index contributed by atoms with van der Waals surface area (Å²) in [6.07, 6.45) is -2.65. The first-order valence-corrected chi connectivity index (χ1v) is 4.18. The molecule has 0 aromatic carbocycles. The molecule has 3 N–H and O–H groups in total. The van der Waals surface area contributed by atoms with Gasteiger partial charge in [0.05, 0.1) is 6.61 Å². The molecule has 0 bridgehead atoms. The second kappa shape index (κ2) is 4.43. The lowest BCUT2D eigenvalue weighted by Crippen LogP contribution is -2.09. The molecule has 0 spiro atoms. The van der Waals surface area contributed by atoms with E-state index in [-0.39, 0.29) is 24.4 Å². The van der Waals surface area contributed by atoms with Crippen LogP contribution >= 0.6 is 0 Å². The lowest BCUT2D eigenvalue weighted by molar-refractivity contribution is 0.144. The highest BCUT2D eigenvalue weighted by atomic mass is 19.3. The van der Waals surface area contributed by atoms with E-state index in [2.05, 4.69) is 4.98 Å². The first-order chi connectivity index (χ1) is 6.60. The van der Waals surface area contributed by atoms with Crippen molar-refractivity contribution in [2.45, 2.75) is 26.5 Å². The number of pyridine rings is 1. The number of aromatic nitrogens is 1. The van der Waals surface area contributed by atoms with Crippen LogP contribution in [0.1, 0.15) is 28.9 Å². The number of rotatable bonds is 3. The molecule has 1 heterocycles. The molecule has 78 valence electrons. The second-order valence-corrected chi connectivity index (χ2v) is 2.95. The summed E-state index contributed by atoms with van der Waals surface area (Å²) in [6, 6.07) is 1.56. The minimum Gasteiger partial charge on any atom is -0.392 e. The number of alkyl halides is 2. The van der Waals surface area contributed by atoms with E-state index >= 15 is 0 Å². The van der Waals surface area contributed by atoms with Gasteiger partial charge in [0.25, 0.3) is 6.43 Å². The maximum atomic E-state index is 12.5. The summed E-state index contributed by atoms with van der Waals surface area (Å²) in [5, 5.41) is 8.95.